The van der Waals surface area contributed by atoms with Crippen molar-refractivity contribution >= 4 is 23.0 Å². The molecule has 0 aromatic carbocycles. The second kappa shape index (κ2) is 4.74. The van der Waals surface area contributed by atoms with Crippen molar-refractivity contribution in [2.45, 2.75) is 20.8 Å². The minimum atomic E-state index is 0.180. The first-order valence-electron chi connectivity index (χ1n) is 5.14. The van der Waals surface area contributed by atoms with E-state index in [-0.39, 0.29) is 5.41 Å². The van der Waals surface area contributed by atoms with E-state index in [0.29, 0.717) is 4.99 Å². The summed E-state index contributed by atoms with van der Waals surface area (Å²) in [5, 5.41) is 7.96. The summed E-state index contributed by atoms with van der Waals surface area (Å²) in [4.78, 5) is 2.38. The van der Waals surface area contributed by atoms with Crippen molar-refractivity contribution in [2.75, 3.05) is 18.5 Å². The Balaban J connectivity index is 2.99. The van der Waals surface area contributed by atoms with Crippen LogP contribution in [-0.2, 0) is 0 Å². The van der Waals surface area contributed by atoms with Gasteiger partial charge in [0.25, 0.3) is 0 Å². The van der Waals surface area contributed by atoms with Gasteiger partial charge >= 0.3 is 0 Å². The molecule has 0 aliphatic rings. The summed E-state index contributed by atoms with van der Waals surface area (Å²) in [6.45, 7) is 7.36. The van der Waals surface area contributed by atoms with E-state index in [2.05, 4.69) is 31.0 Å². The molecule has 0 unspecified atom stereocenters. The lowest BCUT2D eigenvalue weighted by atomic mass is 9.96. The van der Waals surface area contributed by atoms with E-state index >= 15 is 0 Å². The second-order valence-electron chi connectivity index (χ2n) is 5.05. The lowest BCUT2D eigenvalue weighted by molar-refractivity contribution is 0.417. The number of anilines is 1. The summed E-state index contributed by atoms with van der Waals surface area (Å²) in [7, 11) is 1.97. The van der Waals surface area contributed by atoms with Crippen molar-refractivity contribution < 1.29 is 0 Å². The number of hydrogen-bond donors (Lipinski definition) is 1. The monoisotopic (exact) mass is 238 g/mol. The standard InChI is InChI=1S/C11H18N4S/c1-11(2,3)7-15(4)10-8(9(12)16)5-6-13-14-10/h5-6H,7H2,1-4H3,(H2,12,16). The molecular formula is C11H18N4S. The lowest BCUT2D eigenvalue weighted by Gasteiger charge is -2.28. The molecule has 2 N–H and O–H groups in total. The number of hydrogen-bond acceptors (Lipinski definition) is 4. The van der Waals surface area contributed by atoms with E-state index in [1.165, 1.54) is 0 Å². The quantitative estimate of drug-likeness (QED) is 0.811. The highest BCUT2D eigenvalue weighted by atomic mass is 32.1. The van der Waals surface area contributed by atoms with Gasteiger partial charge in [-0.25, -0.2) is 0 Å². The molecule has 0 spiro atoms. The molecule has 1 heterocycles. The molecule has 0 radical (unpaired) electrons. The average molecular weight is 238 g/mol. The van der Waals surface area contributed by atoms with Crippen molar-refractivity contribution in [1.82, 2.24) is 10.2 Å². The van der Waals surface area contributed by atoms with Crippen LogP contribution in [0.1, 0.15) is 26.3 Å². The fraction of sp³-hybridized carbons (Fsp3) is 0.545. The predicted octanol–water partition coefficient (Wildman–Crippen LogP) is 1.59. The molecule has 0 aliphatic carbocycles. The van der Waals surface area contributed by atoms with Crippen molar-refractivity contribution in [3.8, 4) is 0 Å². The zero-order chi connectivity index (χ0) is 12.3. The molecule has 0 aliphatic heterocycles. The number of nitrogens with two attached hydrogens (primary N) is 1. The SMILES string of the molecule is CN(CC(C)(C)C)c1nnccc1C(N)=S. The second-order valence-corrected chi connectivity index (χ2v) is 5.49. The van der Waals surface area contributed by atoms with Crippen LogP contribution < -0.4 is 10.6 Å². The van der Waals surface area contributed by atoms with E-state index < -0.39 is 0 Å². The van der Waals surface area contributed by atoms with Crippen molar-refractivity contribution in [2.24, 2.45) is 11.1 Å². The highest BCUT2D eigenvalue weighted by Gasteiger charge is 2.18. The predicted molar refractivity (Wildman–Crippen MR) is 70.6 cm³/mol. The van der Waals surface area contributed by atoms with Crippen molar-refractivity contribution in [3.63, 3.8) is 0 Å². The normalized spacial score (nSPS) is 11.2. The number of rotatable bonds is 3. The Morgan fingerprint density at radius 2 is 2.12 bits per heavy atom. The first-order chi connectivity index (χ1) is 7.31. The summed E-state index contributed by atoms with van der Waals surface area (Å²) in [5.74, 6) is 0.741. The van der Waals surface area contributed by atoms with Crippen molar-refractivity contribution in [1.29, 1.82) is 0 Å². The lowest BCUT2D eigenvalue weighted by Crippen LogP contribution is -2.31. The zero-order valence-electron chi connectivity index (χ0n) is 10.2. The van der Waals surface area contributed by atoms with E-state index in [4.69, 9.17) is 18.0 Å². The molecule has 0 saturated heterocycles. The van der Waals surface area contributed by atoms with Gasteiger partial charge in [0.2, 0.25) is 0 Å². The Morgan fingerprint density at radius 3 is 2.62 bits per heavy atom. The van der Waals surface area contributed by atoms with Gasteiger partial charge in [-0.05, 0) is 11.5 Å². The third-order valence-corrected chi connectivity index (χ3v) is 2.26. The molecule has 1 rings (SSSR count). The van der Waals surface area contributed by atoms with Crippen LogP contribution in [0.15, 0.2) is 12.3 Å². The third kappa shape index (κ3) is 3.41. The highest BCUT2D eigenvalue weighted by Crippen LogP contribution is 2.20. The Kier molecular flexibility index (Phi) is 3.80. The van der Waals surface area contributed by atoms with Crippen LogP contribution in [0.3, 0.4) is 0 Å². The molecule has 88 valence electrons. The fourth-order valence-corrected chi connectivity index (χ4v) is 1.74. The largest absolute Gasteiger partial charge is 0.389 e. The van der Waals surface area contributed by atoms with Crippen LogP contribution in [-0.4, -0.2) is 28.8 Å². The van der Waals surface area contributed by atoms with Gasteiger partial charge in [0.05, 0.1) is 11.8 Å². The van der Waals surface area contributed by atoms with Crippen molar-refractivity contribution in [3.05, 3.63) is 17.8 Å². The summed E-state index contributed by atoms with van der Waals surface area (Å²) >= 11 is 4.99. The third-order valence-electron chi connectivity index (χ3n) is 2.04. The van der Waals surface area contributed by atoms with Gasteiger partial charge in [-0.1, -0.05) is 33.0 Å². The average Bonchev–Trinajstić information content (AvgIpc) is 2.15. The molecular weight excluding hydrogens is 220 g/mol. The zero-order valence-corrected chi connectivity index (χ0v) is 11.0. The highest BCUT2D eigenvalue weighted by molar-refractivity contribution is 7.80. The maximum atomic E-state index is 5.65. The van der Waals surface area contributed by atoms with Crippen LogP contribution in [0.5, 0.6) is 0 Å². The summed E-state index contributed by atoms with van der Waals surface area (Å²) in [5.41, 5.74) is 6.61. The molecule has 0 saturated carbocycles. The molecule has 16 heavy (non-hydrogen) atoms. The van der Waals surface area contributed by atoms with Gasteiger partial charge in [0, 0.05) is 13.6 Å². The number of nitrogens with zero attached hydrogens (tertiary/aromatic N) is 3. The molecule has 0 fully saturated rings. The fourth-order valence-electron chi connectivity index (χ4n) is 1.58. The minimum Gasteiger partial charge on any atom is -0.389 e. The van der Waals surface area contributed by atoms with Crippen LogP contribution in [0.2, 0.25) is 0 Å². The number of aromatic nitrogens is 2. The van der Waals surface area contributed by atoms with Crippen LogP contribution in [0.25, 0.3) is 0 Å². The van der Waals surface area contributed by atoms with E-state index in [1.54, 1.807) is 12.3 Å². The molecule has 0 atom stereocenters. The van der Waals surface area contributed by atoms with E-state index in [9.17, 15) is 0 Å². The topological polar surface area (TPSA) is 55.0 Å². The molecule has 1 aromatic rings. The van der Waals surface area contributed by atoms with Gasteiger partial charge in [-0.3, -0.25) is 0 Å². The molecule has 5 heteroatoms. The van der Waals surface area contributed by atoms with Gasteiger partial charge in [0.15, 0.2) is 5.82 Å². The summed E-state index contributed by atoms with van der Waals surface area (Å²) < 4.78 is 0. The summed E-state index contributed by atoms with van der Waals surface area (Å²) in [6, 6.07) is 1.80. The summed E-state index contributed by atoms with van der Waals surface area (Å²) in [6.07, 6.45) is 1.60. The Hall–Kier alpha value is -1.23. The van der Waals surface area contributed by atoms with E-state index in [0.717, 1.165) is 17.9 Å². The van der Waals surface area contributed by atoms with Gasteiger partial charge in [0.1, 0.15) is 4.99 Å². The molecule has 4 nitrogen and oxygen atoms in total. The minimum absolute atomic E-state index is 0.180. The number of thiocarbonyl (C=S) groups is 1. The maximum absolute atomic E-state index is 5.65. The Bertz CT molecular complexity index is 384. The Labute approximate surface area is 102 Å². The first-order valence-corrected chi connectivity index (χ1v) is 5.55. The van der Waals surface area contributed by atoms with Gasteiger partial charge in [-0.15, -0.1) is 5.10 Å². The van der Waals surface area contributed by atoms with Gasteiger partial charge < -0.3 is 10.6 Å². The first kappa shape index (κ1) is 12.8. The van der Waals surface area contributed by atoms with Crippen LogP contribution >= 0.6 is 12.2 Å². The van der Waals surface area contributed by atoms with E-state index in [1.807, 2.05) is 11.9 Å². The molecule has 0 amide bonds. The molecule has 1 aromatic heterocycles. The maximum Gasteiger partial charge on any atom is 0.161 e. The molecule has 0 bridgehead atoms. The van der Waals surface area contributed by atoms with Crippen LogP contribution in [0.4, 0.5) is 5.82 Å². The smallest absolute Gasteiger partial charge is 0.161 e. The van der Waals surface area contributed by atoms with Gasteiger partial charge in [-0.2, -0.15) is 5.10 Å². The Morgan fingerprint density at radius 1 is 1.50 bits per heavy atom. The van der Waals surface area contributed by atoms with Crippen LogP contribution in [0, 0.1) is 5.41 Å².